The van der Waals surface area contributed by atoms with E-state index < -0.39 is 11.6 Å². The minimum Gasteiger partial charge on any atom is -0.299 e. The topological polar surface area (TPSA) is 17.1 Å². The van der Waals surface area contributed by atoms with E-state index in [-0.39, 0.29) is 23.7 Å². The summed E-state index contributed by atoms with van der Waals surface area (Å²) in [5.41, 5.74) is 0.150. The van der Waals surface area contributed by atoms with E-state index in [1.54, 1.807) is 0 Å². The summed E-state index contributed by atoms with van der Waals surface area (Å²) in [7, 11) is 0. The van der Waals surface area contributed by atoms with Crippen molar-refractivity contribution < 1.29 is 13.6 Å². The van der Waals surface area contributed by atoms with Gasteiger partial charge in [0.15, 0.2) is 11.6 Å². The summed E-state index contributed by atoms with van der Waals surface area (Å²) >= 11 is 0. The quantitative estimate of drug-likeness (QED) is 0.750. The zero-order chi connectivity index (χ0) is 12.1. The van der Waals surface area contributed by atoms with Gasteiger partial charge in [-0.2, -0.15) is 0 Å². The Morgan fingerprint density at radius 2 is 1.88 bits per heavy atom. The Hall–Kier alpha value is -1.25. The SMILES string of the molecule is CCC(CC)C(=O)Cc1cccc(F)c1F. The summed E-state index contributed by atoms with van der Waals surface area (Å²) in [5, 5.41) is 0. The monoisotopic (exact) mass is 226 g/mol. The average molecular weight is 226 g/mol. The van der Waals surface area contributed by atoms with Crippen LogP contribution in [0.4, 0.5) is 8.78 Å². The molecule has 1 rings (SSSR count). The van der Waals surface area contributed by atoms with Crippen LogP contribution in [0.2, 0.25) is 0 Å². The number of carbonyl (C=O) groups excluding carboxylic acids is 1. The zero-order valence-corrected chi connectivity index (χ0v) is 9.59. The van der Waals surface area contributed by atoms with E-state index in [1.807, 2.05) is 13.8 Å². The molecule has 0 saturated carbocycles. The first-order chi connectivity index (χ1) is 7.60. The van der Waals surface area contributed by atoms with E-state index in [9.17, 15) is 13.6 Å². The fourth-order valence-electron chi connectivity index (χ4n) is 1.76. The minimum atomic E-state index is -0.901. The van der Waals surface area contributed by atoms with Crippen molar-refractivity contribution in [2.75, 3.05) is 0 Å². The molecule has 0 fully saturated rings. The van der Waals surface area contributed by atoms with Crippen LogP contribution < -0.4 is 0 Å². The number of hydrogen-bond acceptors (Lipinski definition) is 1. The summed E-state index contributed by atoms with van der Waals surface area (Å²) < 4.78 is 26.2. The molecule has 0 amide bonds. The number of hydrogen-bond donors (Lipinski definition) is 0. The second kappa shape index (κ2) is 5.73. The summed E-state index contributed by atoms with van der Waals surface area (Å²) in [6.07, 6.45) is 1.47. The summed E-state index contributed by atoms with van der Waals surface area (Å²) in [5.74, 6) is -1.87. The van der Waals surface area contributed by atoms with Gasteiger partial charge >= 0.3 is 0 Å². The Balaban J connectivity index is 2.80. The lowest BCUT2D eigenvalue weighted by Gasteiger charge is -2.11. The second-order valence-electron chi connectivity index (χ2n) is 3.87. The van der Waals surface area contributed by atoms with Crippen LogP contribution in [0.15, 0.2) is 18.2 Å². The first-order valence-corrected chi connectivity index (χ1v) is 5.55. The number of rotatable bonds is 5. The second-order valence-corrected chi connectivity index (χ2v) is 3.87. The molecule has 0 saturated heterocycles. The summed E-state index contributed by atoms with van der Waals surface area (Å²) in [6, 6.07) is 3.94. The van der Waals surface area contributed by atoms with Crippen molar-refractivity contribution in [3.05, 3.63) is 35.4 Å². The van der Waals surface area contributed by atoms with Gasteiger partial charge in [0.25, 0.3) is 0 Å². The Kier molecular flexibility index (Phi) is 4.59. The van der Waals surface area contributed by atoms with Crippen LogP contribution in [-0.2, 0) is 11.2 Å². The van der Waals surface area contributed by atoms with Gasteiger partial charge in [0.05, 0.1) is 0 Å². The third-order valence-corrected chi connectivity index (χ3v) is 2.84. The highest BCUT2D eigenvalue weighted by Crippen LogP contribution is 2.16. The van der Waals surface area contributed by atoms with Gasteiger partial charge in [0, 0.05) is 12.3 Å². The van der Waals surface area contributed by atoms with E-state index in [1.165, 1.54) is 12.1 Å². The van der Waals surface area contributed by atoms with Crippen molar-refractivity contribution in [1.82, 2.24) is 0 Å². The lowest BCUT2D eigenvalue weighted by Crippen LogP contribution is -2.16. The lowest BCUT2D eigenvalue weighted by atomic mass is 9.93. The Morgan fingerprint density at radius 1 is 1.25 bits per heavy atom. The molecule has 0 aliphatic carbocycles. The van der Waals surface area contributed by atoms with Crippen molar-refractivity contribution >= 4 is 5.78 Å². The van der Waals surface area contributed by atoms with Crippen LogP contribution in [0, 0.1) is 17.6 Å². The molecule has 0 heterocycles. The smallest absolute Gasteiger partial charge is 0.162 e. The van der Waals surface area contributed by atoms with Crippen LogP contribution in [-0.4, -0.2) is 5.78 Å². The molecule has 0 aliphatic heterocycles. The largest absolute Gasteiger partial charge is 0.299 e. The maximum Gasteiger partial charge on any atom is 0.162 e. The normalized spacial score (nSPS) is 10.8. The van der Waals surface area contributed by atoms with Gasteiger partial charge in [-0.15, -0.1) is 0 Å². The predicted octanol–water partition coefficient (Wildman–Crippen LogP) is 3.51. The number of halogens is 2. The maximum absolute atomic E-state index is 13.3. The lowest BCUT2D eigenvalue weighted by molar-refractivity contribution is -0.122. The molecule has 16 heavy (non-hydrogen) atoms. The van der Waals surface area contributed by atoms with E-state index >= 15 is 0 Å². The van der Waals surface area contributed by atoms with Crippen molar-refractivity contribution in [2.45, 2.75) is 33.1 Å². The molecule has 0 atom stereocenters. The average Bonchev–Trinajstić information content (AvgIpc) is 2.26. The molecule has 0 bridgehead atoms. The van der Waals surface area contributed by atoms with Crippen LogP contribution in [0.25, 0.3) is 0 Å². The highest BCUT2D eigenvalue weighted by molar-refractivity contribution is 5.83. The van der Waals surface area contributed by atoms with Gasteiger partial charge in [0.1, 0.15) is 5.78 Å². The molecule has 0 N–H and O–H groups in total. The van der Waals surface area contributed by atoms with Gasteiger partial charge < -0.3 is 0 Å². The van der Waals surface area contributed by atoms with Crippen LogP contribution in [0.5, 0.6) is 0 Å². The molecule has 0 radical (unpaired) electrons. The molecule has 88 valence electrons. The fourth-order valence-corrected chi connectivity index (χ4v) is 1.76. The molecular weight excluding hydrogens is 210 g/mol. The number of ketones is 1. The van der Waals surface area contributed by atoms with Crippen LogP contribution >= 0.6 is 0 Å². The standard InChI is InChI=1S/C13H16F2O/c1-3-9(4-2)12(16)8-10-6-5-7-11(14)13(10)15/h5-7,9H,3-4,8H2,1-2H3. The zero-order valence-electron chi connectivity index (χ0n) is 9.59. The van der Waals surface area contributed by atoms with Gasteiger partial charge in [-0.25, -0.2) is 8.78 Å². The van der Waals surface area contributed by atoms with Gasteiger partial charge in [-0.3, -0.25) is 4.79 Å². The predicted molar refractivity (Wildman–Crippen MR) is 59.1 cm³/mol. The van der Waals surface area contributed by atoms with Crippen molar-refractivity contribution in [1.29, 1.82) is 0 Å². The van der Waals surface area contributed by atoms with Crippen molar-refractivity contribution in [3.63, 3.8) is 0 Å². The highest BCUT2D eigenvalue weighted by Gasteiger charge is 2.17. The Morgan fingerprint density at radius 3 is 2.44 bits per heavy atom. The van der Waals surface area contributed by atoms with Crippen molar-refractivity contribution in [2.24, 2.45) is 5.92 Å². The van der Waals surface area contributed by atoms with Gasteiger partial charge in [0.2, 0.25) is 0 Å². The summed E-state index contributed by atoms with van der Waals surface area (Å²) in [4.78, 5) is 11.7. The third kappa shape index (κ3) is 2.87. The van der Waals surface area contributed by atoms with E-state index in [0.717, 1.165) is 18.9 Å². The van der Waals surface area contributed by atoms with Gasteiger partial charge in [-0.1, -0.05) is 26.0 Å². The van der Waals surface area contributed by atoms with E-state index in [2.05, 4.69) is 0 Å². The van der Waals surface area contributed by atoms with E-state index in [4.69, 9.17) is 0 Å². The number of carbonyl (C=O) groups is 1. The molecule has 3 heteroatoms. The van der Waals surface area contributed by atoms with Crippen LogP contribution in [0.3, 0.4) is 0 Å². The minimum absolute atomic E-state index is 0.0179. The maximum atomic E-state index is 13.3. The highest BCUT2D eigenvalue weighted by atomic mass is 19.2. The molecular formula is C13H16F2O. The fraction of sp³-hybridized carbons (Fsp3) is 0.462. The third-order valence-electron chi connectivity index (χ3n) is 2.84. The number of benzene rings is 1. The molecule has 0 aliphatic rings. The molecule has 1 aromatic carbocycles. The Labute approximate surface area is 94.5 Å². The van der Waals surface area contributed by atoms with Crippen LogP contribution in [0.1, 0.15) is 32.3 Å². The molecule has 0 unspecified atom stereocenters. The summed E-state index contributed by atoms with van der Waals surface area (Å²) in [6.45, 7) is 3.85. The molecule has 1 nitrogen and oxygen atoms in total. The number of Topliss-reactive ketones (excluding diaryl/α,β-unsaturated/α-hetero) is 1. The molecule has 1 aromatic rings. The first-order valence-electron chi connectivity index (χ1n) is 5.55. The van der Waals surface area contributed by atoms with Crippen molar-refractivity contribution in [3.8, 4) is 0 Å². The first kappa shape index (κ1) is 12.8. The molecule has 0 spiro atoms. The van der Waals surface area contributed by atoms with E-state index in [0.29, 0.717) is 0 Å². The Bertz CT molecular complexity index is 370. The molecule has 0 aromatic heterocycles. The van der Waals surface area contributed by atoms with Gasteiger partial charge in [-0.05, 0) is 24.5 Å².